The zero-order valence-corrected chi connectivity index (χ0v) is 23.1. The molecule has 2 N–H and O–H groups in total. The maximum Gasteiger partial charge on any atom is 0.146 e. The Bertz CT molecular complexity index is 2080. The van der Waals surface area contributed by atoms with Gasteiger partial charge in [0.05, 0.1) is 22.9 Å². The van der Waals surface area contributed by atoms with Crippen molar-refractivity contribution >= 4 is 72.9 Å². The van der Waals surface area contributed by atoms with E-state index in [4.69, 9.17) is 0 Å². The predicted molar refractivity (Wildman–Crippen MR) is 169 cm³/mol. The molecule has 6 nitrogen and oxygen atoms in total. The Kier molecular flexibility index (Phi) is 6.28. The van der Waals surface area contributed by atoms with E-state index < -0.39 is 0 Å². The standard InChI is InChI=1S/C32H22N4O2P2/c37-17-39-31-33-16-30(36-31)27-8-7-23-12-21(4-6-25(23)14-27)19-1-2-22-13-24(5-3-20(22)11-19)26-9-10-28-29(15-26)35-32(34-28)40-18-38/h1-18,39-40H,(H,33,36)(H,34,35). The van der Waals surface area contributed by atoms with Gasteiger partial charge >= 0.3 is 0 Å². The minimum atomic E-state index is 0.0351. The number of hydrogen-bond acceptors (Lipinski definition) is 4. The number of nitrogens with one attached hydrogen (secondary N) is 2. The maximum absolute atomic E-state index is 10.9. The fourth-order valence-corrected chi connectivity index (χ4v) is 6.07. The molecule has 0 bridgehead atoms. The molecular formula is C32H22N4O2P2. The molecule has 2 atom stereocenters. The number of aromatic nitrogens is 4. The topological polar surface area (TPSA) is 91.5 Å². The molecule has 192 valence electrons. The Morgan fingerprint density at radius 1 is 0.550 bits per heavy atom. The minimum Gasteiger partial charge on any atom is -0.338 e. The summed E-state index contributed by atoms with van der Waals surface area (Å²) in [4.78, 5) is 36.9. The first kappa shape index (κ1) is 24.5. The summed E-state index contributed by atoms with van der Waals surface area (Å²) in [6.45, 7) is 0. The molecule has 7 rings (SSSR count). The summed E-state index contributed by atoms with van der Waals surface area (Å²) in [7, 11) is 0.0724. The number of hydrogen-bond donors (Lipinski definition) is 2. The van der Waals surface area contributed by atoms with Gasteiger partial charge in [0.25, 0.3) is 0 Å². The molecule has 5 aromatic carbocycles. The van der Waals surface area contributed by atoms with E-state index in [9.17, 15) is 9.59 Å². The van der Waals surface area contributed by atoms with Crippen LogP contribution in [0.1, 0.15) is 0 Å². The van der Waals surface area contributed by atoms with Crippen molar-refractivity contribution in [2.45, 2.75) is 0 Å². The lowest BCUT2D eigenvalue weighted by Crippen LogP contribution is -1.97. The third-order valence-electron chi connectivity index (χ3n) is 7.11. The van der Waals surface area contributed by atoms with Crippen LogP contribution in [0.2, 0.25) is 0 Å². The number of benzene rings is 5. The zero-order valence-electron chi connectivity index (χ0n) is 21.1. The van der Waals surface area contributed by atoms with Crippen LogP contribution in [-0.4, -0.2) is 32.0 Å². The van der Waals surface area contributed by atoms with Crippen LogP contribution in [0.25, 0.3) is 66.1 Å². The van der Waals surface area contributed by atoms with Crippen LogP contribution in [0.4, 0.5) is 0 Å². The first-order chi connectivity index (χ1) is 19.7. The van der Waals surface area contributed by atoms with E-state index in [1.807, 2.05) is 6.07 Å². The molecule has 0 spiro atoms. The third kappa shape index (κ3) is 4.62. The molecule has 2 unspecified atom stereocenters. The monoisotopic (exact) mass is 556 g/mol. The average molecular weight is 557 g/mol. The van der Waals surface area contributed by atoms with Gasteiger partial charge in [-0.2, -0.15) is 0 Å². The SMILES string of the molecule is O=CPc1ncc(-c2ccc3cc(-c4ccc5cc(-c6ccc7nc(PC=O)[nH]c7c6)ccc5c4)ccc3c2)[nH]1. The quantitative estimate of drug-likeness (QED) is 0.171. The van der Waals surface area contributed by atoms with Gasteiger partial charge in [0, 0.05) is 22.7 Å². The molecule has 0 fully saturated rings. The smallest absolute Gasteiger partial charge is 0.146 e. The van der Waals surface area contributed by atoms with Crippen LogP contribution in [-0.2, 0) is 9.59 Å². The van der Waals surface area contributed by atoms with Crippen LogP contribution >= 0.6 is 17.2 Å². The fourth-order valence-electron chi connectivity index (χ4n) is 5.11. The molecule has 7 aromatic rings. The number of fused-ring (bicyclic) bond motifs is 3. The van der Waals surface area contributed by atoms with E-state index in [1.54, 1.807) is 6.20 Å². The number of rotatable bonds is 7. The predicted octanol–water partition coefficient (Wildman–Crippen LogP) is 6.58. The molecule has 2 aromatic heterocycles. The second kappa shape index (κ2) is 10.2. The highest BCUT2D eigenvalue weighted by atomic mass is 31.1. The largest absolute Gasteiger partial charge is 0.338 e. The summed E-state index contributed by atoms with van der Waals surface area (Å²) in [5, 5.41) is 4.67. The van der Waals surface area contributed by atoms with Gasteiger partial charge in [0.15, 0.2) is 0 Å². The second-order valence-corrected chi connectivity index (χ2v) is 11.5. The lowest BCUT2D eigenvalue weighted by atomic mass is 9.96. The number of carbonyl (C=O) groups excluding carboxylic acids is 2. The molecule has 0 radical (unpaired) electrons. The van der Waals surface area contributed by atoms with Gasteiger partial charge in [-0.25, -0.2) is 9.97 Å². The molecule has 0 aliphatic rings. The van der Waals surface area contributed by atoms with Crippen LogP contribution in [0.5, 0.6) is 0 Å². The van der Waals surface area contributed by atoms with Gasteiger partial charge < -0.3 is 9.97 Å². The van der Waals surface area contributed by atoms with Crippen molar-refractivity contribution in [3.8, 4) is 33.5 Å². The van der Waals surface area contributed by atoms with Crippen molar-refractivity contribution < 1.29 is 9.59 Å². The fraction of sp³-hybridized carbons (Fsp3) is 0. The van der Waals surface area contributed by atoms with Crippen molar-refractivity contribution in [3.63, 3.8) is 0 Å². The number of H-pyrrole nitrogens is 2. The van der Waals surface area contributed by atoms with Crippen LogP contribution < -0.4 is 11.1 Å². The van der Waals surface area contributed by atoms with Crippen LogP contribution in [0.3, 0.4) is 0 Å². The molecule has 40 heavy (non-hydrogen) atoms. The van der Waals surface area contributed by atoms with E-state index in [2.05, 4.69) is 105 Å². The van der Waals surface area contributed by atoms with Gasteiger partial charge in [-0.05, 0) is 80.2 Å². The molecular weight excluding hydrogens is 534 g/mol. The van der Waals surface area contributed by atoms with E-state index in [1.165, 1.54) is 21.9 Å². The third-order valence-corrected chi connectivity index (χ3v) is 8.38. The average Bonchev–Trinajstić information content (AvgIpc) is 3.63. The van der Waals surface area contributed by atoms with Crippen molar-refractivity contribution in [1.82, 2.24) is 19.9 Å². The van der Waals surface area contributed by atoms with Gasteiger partial charge in [-0.3, -0.25) is 9.59 Å². The number of imidazole rings is 2. The molecule has 2 heterocycles. The Labute approximate surface area is 232 Å². The Balaban J connectivity index is 1.17. The van der Waals surface area contributed by atoms with E-state index in [0.717, 1.165) is 56.2 Å². The van der Waals surface area contributed by atoms with Crippen molar-refractivity contribution in [1.29, 1.82) is 0 Å². The summed E-state index contributed by atoms with van der Waals surface area (Å²) in [6.07, 6.45) is 1.78. The van der Waals surface area contributed by atoms with Gasteiger partial charge in [0.1, 0.15) is 23.2 Å². The number of nitrogens with zero attached hydrogens (tertiary/aromatic N) is 2. The molecule has 0 amide bonds. The minimum absolute atomic E-state index is 0.0351. The Morgan fingerprint density at radius 3 is 1.65 bits per heavy atom. The van der Waals surface area contributed by atoms with Gasteiger partial charge in [0.2, 0.25) is 0 Å². The van der Waals surface area contributed by atoms with E-state index in [-0.39, 0.29) is 17.2 Å². The molecule has 0 saturated carbocycles. The van der Waals surface area contributed by atoms with Gasteiger partial charge in [-0.15, -0.1) is 0 Å². The zero-order chi connectivity index (χ0) is 27.1. The maximum atomic E-state index is 10.9. The van der Waals surface area contributed by atoms with Crippen LogP contribution in [0.15, 0.2) is 97.2 Å². The highest BCUT2D eigenvalue weighted by Gasteiger charge is 2.09. The number of carbonyl (C=O) groups is 2. The van der Waals surface area contributed by atoms with E-state index >= 15 is 0 Å². The summed E-state index contributed by atoms with van der Waals surface area (Å²) < 4.78 is 0. The summed E-state index contributed by atoms with van der Waals surface area (Å²) in [6, 6.07) is 33.9. The first-order valence-corrected chi connectivity index (χ1v) is 14.9. The molecule has 0 aliphatic carbocycles. The highest BCUT2D eigenvalue weighted by Crippen LogP contribution is 2.32. The molecule has 8 heteroatoms. The normalized spacial score (nSPS) is 12.0. The lowest BCUT2D eigenvalue weighted by Gasteiger charge is -2.09. The second-order valence-electron chi connectivity index (χ2n) is 9.54. The lowest BCUT2D eigenvalue weighted by molar-refractivity contribution is 0.569. The van der Waals surface area contributed by atoms with Crippen molar-refractivity contribution in [2.75, 3.05) is 0 Å². The number of aromatic amines is 2. The van der Waals surface area contributed by atoms with Gasteiger partial charge in [-0.1, -0.05) is 54.6 Å². The highest BCUT2D eigenvalue weighted by molar-refractivity contribution is 7.62. The first-order valence-electron chi connectivity index (χ1n) is 12.7. The van der Waals surface area contributed by atoms with Crippen LogP contribution in [0, 0.1) is 0 Å². The molecule has 0 aliphatic heterocycles. The Morgan fingerprint density at radius 2 is 1.05 bits per heavy atom. The molecule has 0 saturated heterocycles. The van der Waals surface area contributed by atoms with Crippen molar-refractivity contribution in [2.24, 2.45) is 0 Å². The Hall–Kier alpha value is -4.50. The summed E-state index contributed by atoms with van der Waals surface area (Å²) in [5.41, 5.74) is 9.75. The van der Waals surface area contributed by atoms with Crippen molar-refractivity contribution in [3.05, 3.63) is 97.2 Å². The summed E-state index contributed by atoms with van der Waals surface area (Å²) in [5.74, 6) is 0. The van der Waals surface area contributed by atoms with E-state index in [0.29, 0.717) is 11.1 Å². The summed E-state index contributed by atoms with van der Waals surface area (Å²) >= 11 is 0.